The molecule has 0 aliphatic heterocycles. The van der Waals surface area contributed by atoms with E-state index in [-0.39, 0.29) is 5.91 Å². The van der Waals surface area contributed by atoms with Crippen LogP contribution >= 0.6 is 23.1 Å². The lowest BCUT2D eigenvalue weighted by Gasteiger charge is -2.04. The van der Waals surface area contributed by atoms with E-state index in [2.05, 4.69) is 47.6 Å². The molecule has 3 rings (SSSR count). The van der Waals surface area contributed by atoms with Crippen LogP contribution in [0.1, 0.15) is 16.1 Å². The molecule has 1 heterocycles. The third-order valence-corrected chi connectivity index (χ3v) is 5.44. The predicted molar refractivity (Wildman–Crippen MR) is 98.8 cm³/mol. The van der Waals surface area contributed by atoms with Crippen molar-refractivity contribution in [3.63, 3.8) is 0 Å². The minimum Gasteiger partial charge on any atom is -0.349 e. The highest BCUT2D eigenvalue weighted by atomic mass is 32.2. The molecule has 1 N–H and O–H groups in total. The summed E-state index contributed by atoms with van der Waals surface area (Å²) < 4.78 is 1.16. The number of aryl methyl sites for hydroxylation is 1. The molecule has 2 aromatic carbocycles. The Hall–Kier alpha value is -1.85. The predicted octanol–water partition coefficient (Wildman–Crippen LogP) is 4.15. The summed E-state index contributed by atoms with van der Waals surface area (Å²) in [6.07, 6.45) is 0. The van der Waals surface area contributed by atoms with Gasteiger partial charge in [0.25, 0.3) is 0 Å². The molecule has 0 atom stereocenters. The van der Waals surface area contributed by atoms with Crippen LogP contribution in [-0.4, -0.2) is 16.6 Å². The molecule has 0 unspecified atom stereocenters. The summed E-state index contributed by atoms with van der Waals surface area (Å²) in [7, 11) is 0. The average Bonchev–Trinajstić information content (AvgIpc) is 2.98. The zero-order chi connectivity index (χ0) is 16.1. The summed E-state index contributed by atoms with van der Waals surface area (Å²) in [5, 5.41) is 3.89. The van der Waals surface area contributed by atoms with Gasteiger partial charge < -0.3 is 5.32 Å². The molecular weight excluding hydrogens is 324 g/mol. The van der Waals surface area contributed by atoms with Gasteiger partial charge in [-0.25, -0.2) is 4.98 Å². The van der Waals surface area contributed by atoms with Crippen molar-refractivity contribution in [3.05, 3.63) is 64.7 Å². The topological polar surface area (TPSA) is 42.0 Å². The minimum absolute atomic E-state index is 0.0568. The molecule has 1 amide bonds. The van der Waals surface area contributed by atoms with Crippen LogP contribution in [0.5, 0.6) is 0 Å². The summed E-state index contributed by atoms with van der Waals surface area (Å²) in [6.45, 7) is 2.58. The van der Waals surface area contributed by atoms with Gasteiger partial charge in [0.05, 0.1) is 22.5 Å². The molecule has 118 valence electrons. The number of thioether (sulfide) groups is 1. The molecule has 0 radical (unpaired) electrons. The van der Waals surface area contributed by atoms with Crippen molar-refractivity contribution >= 4 is 39.2 Å². The zero-order valence-corrected chi connectivity index (χ0v) is 14.5. The molecule has 3 aromatic rings. The van der Waals surface area contributed by atoms with Crippen LogP contribution in [0.2, 0.25) is 0 Å². The minimum atomic E-state index is 0.0568. The van der Waals surface area contributed by atoms with E-state index in [1.807, 2.05) is 18.2 Å². The fourth-order valence-corrected chi connectivity index (χ4v) is 3.89. The highest BCUT2D eigenvalue weighted by Crippen LogP contribution is 2.21. The Morgan fingerprint density at radius 2 is 1.96 bits per heavy atom. The van der Waals surface area contributed by atoms with E-state index in [0.29, 0.717) is 12.3 Å². The van der Waals surface area contributed by atoms with Gasteiger partial charge in [-0.1, -0.05) is 42.0 Å². The lowest BCUT2D eigenvalue weighted by atomic mass is 10.2. The Kier molecular flexibility index (Phi) is 5.31. The van der Waals surface area contributed by atoms with Crippen molar-refractivity contribution in [1.82, 2.24) is 10.3 Å². The molecule has 23 heavy (non-hydrogen) atoms. The first kappa shape index (κ1) is 16.0. The van der Waals surface area contributed by atoms with Gasteiger partial charge in [-0.15, -0.1) is 23.1 Å². The quantitative estimate of drug-likeness (QED) is 0.731. The maximum absolute atomic E-state index is 11.9. The number of thiazole rings is 1. The normalized spacial score (nSPS) is 10.8. The van der Waals surface area contributed by atoms with Crippen molar-refractivity contribution in [2.75, 3.05) is 5.75 Å². The van der Waals surface area contributed by atoms with Gasteiger partial charge in [0.2, 0.25) is 5.91 Å². The number of hydrogen-bond donors (Lipinski definition) is 1. The molecule has 0 aliphatic carbocycles. The summed E-state index contributed by atoms with van der Waals surface area (Å²) in [5.41, 5.74) is 3.50. The third-order valence-electron chi connectivity index (χ3n) is 3.40. The number of fused-ring (bicyclic) bond motifs is 1. The first-order valence-corrected chi connectivity index (χ1v) is 9.42. The number of rotatable bonds is 6. The summed E-state index contributed by atoms with van der Waals surface area (Å²) in [6, 6.07) is 16.5. The Morgan fingerprint density at radius 1 is 1.17 bits per heavy atom. The fraction of sp³-hybridized carbons (Fsp3) is 0.222. The molecule has 0 spiro atoms. The first-order valence-electron chi connectivity index (χ1n) is 7.45. The van der Waals surface area contributed by atoms with E-state index in [4.69, 9.17) is 0 Å². The average molecular weight is 342 g/mol. The Labute approximate surface area is 144 Å². The number of carbonyl (C=O) groups excluding carboxylic acids is 1. The van der Waals surface area contributed by atoms with Crippen LogP contribution in [0, 0.1) is 6.92 Å². The van der Waals surface area contributed by atoms with Gasteiger partial charge in [-0.05, 0) is 24.6 Å². The molecule has 0 saturated carbocycles. The van der Waals surface area contributed by atoms with Crippen molar-refractivity contribution in [2.45, 2.75) is 19.2 Å². The van der Waals surface area contributed by atoms with Crippen molar-refractivity contribution in [3.8, 4) is 0 Å². The van der Waals surface area contributed by atoms with Crippen LogP contribution < -0.4 is 5.32 Å². The van der Waals surface area contributed by atoms with E-state index >= 15 is 0 Å². The lowest BCUT2D eigenvalue weighted by Crippen LogP contribution is -2.24. The molecule has 5 heteroatoms. The third kappa shape index (κ3) is 4.56. The van der Waals surface area contributed by atoms with Crippen LogP contribution in [0.4, 0.5) is 0 Å². The molecule has 0 bridgehead atoms. The van der Waals surface area contributed by atoms with Crippen molar-refractivity contribution < 1.29 is 4.79 Å². The first-order chi connectivity index (χ1) is 11.2. The number of carbonyl (C=O) groups is 1. The maximum atomic E-state index is 11.9. The molecular formula is C18H18N2OS2. The number of amides is 1. The molecule has 0 aliphatic rings. The van der Waals surface area contributed by atoms with E-state index in [1.165, 1.54) is 11.1 Å². The van der Waals surface area contributed by atoms with Crippen LogP contribution in [0.3, 0.4) is 0 Å². The van der Waals surface area contributed by atoms with E-state index in [0.717, 1.165) is 21.0 Å². The van der Waals surface area contributed by atoms with Gasteiger partial charge in [-0.2, -0.15) is 0 Å². The van der Waals surface area contributed by atoms with E-state index < -0.39 is 0 Å². The smallest absolute Gasteiger partial charge is 0.230 e. The van der Waals surface area contributed by atoms with E-state index in [1.54, 1.807) is 23.1 Å². The number of nitrogens with one attached hydrogen (secondary N) is 1. The molecule has 3 nitrogen and oxygen atoms in total. The zero-order valence-electron chi connectivity index (χ0n) is 12.9. The van der Waals surface area contributed by atoms with Crippen LogP contribution in [0.25, 0.3) is 10.2 Å². The summed E-state index contributed by atoms with van der Waals surface area (Å²) >= 11 is 3.26. The summed E-state index contributed by atoms with van der Waals surface area (Å²) in [4.78, 5) is 16.4. The highest BCUT2D eigenvalue weighted by molar-refractivity contribution is 7.99. The van der Waals surface area contributed by atoms with Gasteiger partial charge in [0.1, 0.15) is 5.01 Å². The number of hydrogen-bond acceptors (Lipinski definition) is 4. The van der Waals surface area contributed by atoms with Gasteiger partial charge in [0.15, 0.2) is 0 Å². The standard InChI is InChI=1S/C18H18N2OS2/c1-13-6-8-14(9-7-13)11-22-12-17(21)19-10-18-20-15-4-2-3-5-16(15)23-18/h2-9H,10-12H2,1H3,(H,19,21). The largest absolute Gasteiger partial charge is 0.349 e. The lowest BCUT2D eigenvalue weighted by molar-refractivity contribution is -0.118. The second-order valence-electron chi connectivity index (χ2n) is 5.33. The van der Waals surface area contributed by atoms with Crippen LogP contribution in [-0.2, 0) is 17.1 Å². The molecule has 1 aromatic heterocycles. The Balaban J connectivity index is 1.43. The fourth-order valence-electron chi connectivity index (χ4n) is 2.17. The van der Waals surface area contributed by atoms with Gasteiger partial charge in [0, 0.05) is 5.75 Å². The molecule has 0 saturated heterocycles. The van der Waals surface area contributed by atoms with Gasteiger partial charge >= 0.3 is 0 Å². The van der Waals surface area contributed by atoms with Crippen molar-refractivity contribution in [1.29, 1.82) is 0 Å². The summed E-state index contributed by atoms with van der Waals surface area (Å²) in [5.74, 6) is 1.38. The van der Waals surface area contributed by atoms with Crippen LogP contribution in [0.15, 0.2) is 48.5 Å². The number of nitrogens with zero attached hydrogens (tertiary/aromatic N) is 1. The second-order valence-corrected chi connectivity index (χ2v) is 7.43. The van der Waals surface area contributed by atoms with E-state index in [9.17, 15) is 4.79 Å². The number of benzene rings is 2. The maximum Gasteiger partial charge on any atom is 0.230 e. The second kappa shape index (κ2) is 7.62. The number of aromatic nitrogens is 1. The SMILES string of the molecule is Cc1ccc(CSCC(=O)NCc2nc3ccccc3s2)cc1. The monoisotopic (exact) mass is 342 g/mol. The Morgan fingerprint density at radius 3 is 2.74 bits per heavy atom. The number of para-hydroxylation sites is 1. The van der Waals surface area contributed by atoms with Gasteiger partial charge in [-0.3, -0.25) is 4.79 Å². The Bertz CT molecular complexity index is 763. The molecule has 0 fully saturated rings. The van der Waals surface area contributed by atoms with Crippen molar-refractivity contribution in [2.24, 2.45) is 0 Å². The highest BCUT2D eigenvalue weighted by Gasteiger charge is 2.06.